The van der Waals surface area contributed by atoms with Crippen molar-refractivity contribution in [2.75, 3.05) is 5.32 Å². The number of rotatable bonds is 4. The molecule has 0 aliphatic carbocycles. The van der Waals surface area contributed by atoms with Crippen LogP contribution in [0.15, 0.2) is 45.7 Å². The molecule has 2 aromatic rings. The Balaban J connectivity index is 2.07. The molecule has 2 rings (SSSR count). The number of furan rings is 1. The van der Waals surface area contributed by atoms with Crippen LogP contribution in [0.25, 0.3) is 0 Å². The highest BCUT2D eigenvalue weighted by Crippen LogP contribution is 2.22. The maximum Gasteiger partial charge on any atom is 0.336 e. The lowest BCUT2D eigenvalue weighted by atomic mass is 10.2. The van der Waals surface area contributed by atoms with E-state index in [4.69, 9.17) is 9.52 Å². The molecule has 1 heterocycles. The van der Waals surface area contributed by atoms with E-state index in [1.165, 1.54) is 0 Å². The monoisotopic (exact) mass is 295 g/mol. The Bertz CT molecular complexity index is 523. The van der Waals surface area contributed by atoms with Crippen LogP contribution in [0.2, 0.25) is 0 Å². The van der Waals surface area contributed by atoms with Crippen LogP contribution in [0.1, 0.15) is 15.9 Å². The van der Waals surface area contributed by atoms with E-state index < -0.39 is 5.97 Å². The third kappa shape index (κ3) is 2.88. The molecule has 0 aliphatic heterocycles. The molecule has 0 saturated heterocycles. The van der Waals surface area contributed by atoms with Gasteiger partial charge in [-0.1, -0.05) is 0 Å². The van der Waals surface area contributed by atoms with Gasteiger partial charge in [0.1, 0.15) is 0 Å². The fourth-order valence-corrected chi connectivity index (χ4v) is 1.94. The van der Waals surface area contributed by atoms with Crippen LogP contribution in [-0.4, -0.2) is 11.1 Å². The molecule has 0 radical (unpaired) electrons. The molecule has 1 aromatic heterocycles. The molecule has 0 spiro atoms. The molecule has 5 heteroatoms. The van der Waals surface area contributed by atoms with Crippen molar-refractivity contribution in [1.82, 2.24) is 0 Å². The molecule has 0 amide bonds. The average Bonchev–Trinajstić information content (AvgIpc) is 2.78. The summed E-state index contributed by atoms with van der Waals surface area (Å²) in [5.41, 5.74) is 2.13. The lowest BCUT2D eigenvalue weighted by Gasteiger charge is -2.06. The summed E-state index contributed by atoms with van der Waals surface area (Å²) in [6, 6.07) is 6.90. The van der Waals surface area contributed by atoms with E-state index in [9.17, 15) is 4.79 Å². The zero-order valence-electron chi connectivity index (χ0n) is 8.81. The van der Waals surface area contributed by atoms with Gasteiger partial charge in [-0.2, -0.15) is 0 Å². The van der Waals surface area contributed by atoms with Crippen molar-refractivity contribution in [2.24, 2.45) is 0 Å². The smallest absolute Gasteiger partial charge is 0.336 e. The van der Waals surface area contributed by atoms with Crippen LogP contribution in [0.3, 0.4) is 0 Å². The Labute approximate surface area is 106 Å². The fraction of sp³-hybridized carbons (Fsp3) is 0.0833. The molecule has 0 atom stereocenters. The molecular weight excluding hydrogens is 286 g/mol. The third-order valence-electron chi connectivity index (χ3n) is 2.28. The van der Waals surface area contributed by atoms with Gasteiger partial charge in [0.25, 0.3) is 0 Å². The van der Waals surface area contributed by atoms with Gasteiger partial charge >= 0.3 is 5.97 Å². The zero-order valence-corrected chi connectivity index (χ0v) is 10.4. The van der Waals surface area contributed by atoms with Crippen molar-refractivity contribution < 1.29 is 14.3 Å². The van der Waals surface area contributed by atoms with Gasteiger partial charge in [0, 0.05) is 22.3 Å². The standard InChI is InChI=1S/C12H10BrNO3/c13-11-5-9(1-2-10(11)12(15)16)14-6-8-3-4-17-7-8/h1-5,7,14H,6H2,(H,15,16). The van der Waals surface area contributed by atoms with Gasteiger partial charge in [-0.05, 0) is 40.2 Å². The van der Waals surface area contributed by atoms with E-state index in [1.54, 1.807) is 30.7 Å². The number of carboxylic acid groups (broad SMARTS) is 1. The minimum atomic E-state index is -0.946. The Morgan fingerprint density at radius 2 is 2.24 bits per heavy atom. The second-order valence-corrected chi connectivity index (χ2v) is 4.34. The second-order valence-electron chi connectivity index (χ2n) is 3.48. The largest absolute Gasteiger partial charge is 0.478 e. The molecule has 0 saturated carbocycles. The Morgan fingerprint density at radius 3 is 2.82 bits per heavy atom. The summed E-state index contributed by atoms with van der Waals surface area (Å²) < 4.78 is 5.51. The van der Waals surface area contributed by atoms with E-state index in [0.29, 0.717) is 11.0 Å². The summed E-state index contributed by atoms with van der Waals surface area (Å²) in [6.07, 6.45) is 3.27. The fourth-order valence-electron chi connectivity index (χ4n) is 1.40. The van der Waals surface area contributed by atoms with Gasteiger partial charge in [0.15, 0.2) is 0 Å². The van der Waals surface area contributed by atoms with Crippen molar-refractivity contribution in [3.8, 4) is 0 Å². The Hall–Kier alpha value is -1.75. The minimum absolute atomic E-state index is 0.249. The summed E-state index contributed by atoms with van der Waals surface area (Å²) in [7, 11) is 0. The number of carbonyl (C=O) groups is 1. The molecular formula is C12H10BrNO3. The normalized spacial score (nSPS) is 10.2. The highest BCUT2D eigenvalue weighted by Gasteiger charge is 2.08. The summed E-state index contributed by atoms with van der Waals surface area (Å²) in [5.74, 6) is -0.946. The highest BCUT2D eigenvalue weighted by atomic mass is 79.9. The first-order valence-electron chi connectivity index (χ1n) is 4.94. The van der Waals surface area contributed by atoms with E-state index in [1.807, 2.05) is 6.07 Å². The third-order valence-corrected chi connectivity index (χ3v) is 2.93. The average molecular weight is 296 g/mol. The first kappa shape index (κ1) is 11.7. The predicted octanol–water partition coefficient (Wildman–Crippen LogP) is 3.35. The van der Waals surface area contributed by atoms with Gasteiger partial charge in [0.05, 0.1) is 18.1 Å². The quantitative estimate of drug-likeness (QED) is 0.908. The van der Waals surface area contributed by atoms with Crippen molar-refractivity contribution in [3.63, 3.8) is 0 Å². The van der Waals surface area contributed by atoms with Crippen LogP contribution in [0.5, 0.6) is 0 Å². The first-order chi connectivity index (χ1) is 8.16. The molecule has 17 heavy (non-hydrogen) atoms. The lowest BCUT2D eigenvalue weighted by molar-refractivity contribution is 0.0696. The second kappa shape index (κ2) is 5.05. The topological polar surface area (TPSA) is 62.5 Å². The van der Waals surface area contributed by atoms with Gasteiger partial charge in [-0.15, -0.1) is 0 Å². The predicted molar refractivity (Wildman–Crippen MR) is 67.1 cm³/mol. The molecule has 1 aromatic carbocycles. The van der Waals surface area contributed by atoms with Crippen molar-refractivity contribution in [3.05, 3.63) is 52.4 Å². The van der Waals surface area contributed by atoms with Gasteiger partial charge in [-0.3, -0.25) is 0 Å². The van der Waals surface area contributed by atoms with Crippen molar-refractivity contribution >= 4 is 27.6 Å². The number of anilines is 1. The van der Waals surface area contributed by atoms with Crippen molar-refractivity contribution in [2.45, 2.75) is 6.54 Å². The molecule has 0 fully saturated rings. The number of hydrogen-bond acceptors (Lipinski definition) is 3. The van der Waals surface area contributed by atoms with Crippen molar-refractivity contribution in [1.29, 1.82) is 0 Å². The summed E-state index contributed by atoms with van der Waals surface area (Å²) in [4.78, 5) is 10.8. The van der Waals surface area contributed by atoms with Gasteiger partial charge in [0.2, 0.25) is 0 Å². The van der Waals surface area contributed by atoms with Gasteiger partial charge < -0.3 is 14.8 Å². The molecule has 0 aliphatic rings. The van der Waals surface area contributed by atoms with Crippen LogP contribution in [0, 0.1) is 0 Å². The number of halogens is 1. The van der Waals surface area contributed by atoms with E-state index in [2.05, 4.69) is 21.2 Å². The molecule has 4 nitrogen and oxygen atoms in total. The highest BCUT2D eigenvalue weighted by molar-refractivity contribution is 9.10. The number of nitrogens with one attached hydrogen (secondary N) is 1. The maximum absolute atomic E-state index is 10.8. The SMILES string of the molecule is O=C(O)c1ccc(NCc2ccoc2)cc1Br. The zero-order chi connectivity index (χ0) is 12.3. The van der Waals surface area contributed by atoms with Gasteiger partial charge in [-0.25, -0.2) is 4.79 Å². The van der Waals surface area contributed by atoms with Crippen LogP contribution in [0.4, 0.5) is 5.69 Å². The molecule has 2 N–H and O–H groups in total. The van der Waals surface area contributed by atoms with E-state index >= 15 is 0 Å². The summed E-state index contributed by atoms with van der Waals surface area (Å²) >= 11 is 3.23. The van der Waals surface area contributed by atoms with Crippen LogP contribution < -0.4 is 5.32 Å². The lowest BCUT2D eigenvalue weighted by Crippen LogP contribution is -2.01. The number of aromatic carboxylic acids is 1. The summed E-state index contributed by atoms with van der Waals surface area (Å²) in [5, 5.41) is 12.0. The number of carboxylic acids is 1. The number of benzene rings is 1. The van der Waals surface area contributed by atoms with Crippen LogP contribution >= 0.6 is 15.9 Å². The van der Waals surface area contributed by atoms with E-state index in [-0.39, 0.29) is 5.56 Å². The molecule has 0 unspecified atom stereocenters. The first-order valence-corrected chi connectivity index (χ1v) is 5.74. The maximum atomic E-state index is 10.8. The molecule has 88 valence electrons. The molecule has 0 bridgehead atoms. The summed E-state index contributed by atoms with van der Waals surface area (Å²) in [6.45, 7) is 0.634. The Kier molecular flexibility index (Phi) is 3.49. The minimum Gasteiger partial charge on any atom is -0.478 e. The Morgan fingerprint density at radius 1 is 1.41 bits per heavy atom. The number of hydrogen-bond donors (Lipinski definition) is 2. The van der Waals surface area contributed by atoms with Crippen LogP contribution in [-0.2, 0) is 6.54 Å². The van der Waals surface area contributed by atoms with E-state index in [0.717, 1.165) is 11.3 Å².